The molecule has 2 aromatic heterocycles. The van der Waals surface area contributed by atoms with Crippen molar-refractivity contribution in [1.29, 1.82) is 0 Å². The van der Waals surface area contributed by atoms with Gasteiger partial charge in [0.25, 0.3) is 0 Å². The number of alkyl halides is 1. The van der Waals surface area contributed by atoms with Crippen molar-refractivity contribution in [2.45, 2.75) is 12.8 Å². The van der Waals surface area contributed by atoms with Gasteiger partial charge in [-0.15, -0.1) is 11.6 Å². The molecule has 1 amide bonds. The van der Waals surface area contributed by atoms with Gasteiger partial charge in [-0.1, -0.05) is 5.57 Å². The van der Waals surface area contributed by atoms with Crippen molar-refractivity contribution in [3.05, 3.63) is 50.4 Å². The fraction of sp³-hybridized carbons (Fsp3) is 0.312. The monoisotopic (exact) mass is 337 g/mol. The standard InChI is InChI=1S/C16H16ClNOS2/c17-9-15(19)18-5-1-12(2-6-18)16(13-3-7-20-10-13)14-4-8-21-11-14/h3-4,7-8,10-11H,1-2,5-6,9H2. The highest BCUT2D eigenvalue weighted by molar-refractivity contribution is 7.08. The third-order valence-corrected chi connectivity index (χ3v) is 5.40. The number of likely N-dealkylation sites (tertiary alicyclic amines) is 1. The zero-order valence-electron chi connectivity index (χ0n) is 11.5. The van der Waals surface area contributed by atoms with Crippen LogP contribution in [0, 0.1) is 0 Å². The van der Waals surface area contributed by atoms with Gasteiger partial charge in [0.05, 0.1) is 0 Å². The van der Waals surface area contributed by atoms with E-state index in [1.165, 1.54) is 22.3 Å². The van der Waals surface area contributed by atoms with Gasteiger partial charge in [0.2, 0.25) is 5.91 Å². The van der Waals surface area contributed by atoms with Crippen LogP contribution in [-0.4, -0.2) is 29.8 Å². The summed E-state index contributed by atoms with van der Waals surface area (Å²) < 4.78 is 0. The van der Waals surface area contributed by atoms with Gasteiger partial charge in [-0.3, -0.25) is 4.79 Å². The quantitative estimate of drug-likeness (QED) is 0.756. The number of nitrogens with zero attached hydrogens (tertiary/aromatic N) is 1. The number of halogens is 1. The summed E-state index contributed by atoms with van der Waals surface area (Å²) in [7, 11) is 0. The lowest BCUT2D eigenvalue weighted by atomic mass is 9.91. The second kappa shape index (κ2) is 6.77. The summed E-state index contributed by atoms with van der Waals surface area (Å²) in [6, 6.07) is 4.36. The first-order valence-electron chi connectivity index (χ1n) is 6.90. The second-order valence-corrected chi connectivity index (χ2v) is 6.84. The van der Waals surface area contributed by atoms with Gasteiger partial charge in [-0.05, 0) is 63.2 Å². The molecule has 3 heterocycles. The van der Waals surface area contributed by atoms with Crippen LogP contribution in [-0.2, 0) is 4.79 Å². The van der Waals surface area contributed by atoms with Crippen molar-refractivity contribution in [2.24, 2.45) is 0 Å². The normalized spacial score (nSPS) is 15.3. The maximum Gasteiger partial charge on any atom is 0.237 e. The number of hydrogen-bond donors (Lipinski definition) is 0. The molecule has 0 atom stereocenters. The van der Waals surface area contributed by atoms with E-state index in [1.54, 1.807) is 22.7 Å². The number of carbonyl (C=O) groups is 1. The lowest BCUT2D eigenvalue weighted by Gasteiger charge is -2.29. The van der Waals surface area contributed by atoms with Crippen LogP contribution in [0.4, 0.5) is 0 Å². The predicted octanol–water partition coefficient (Wildman–Crippen LogP) is 4.47. The second-order valence-electron chi connectivity index (χ2n) is 5.02. The lowest BCUT2D eigenvalue weighted by Crippen LogP contribution is -2.37. The minimum atomic E-state index is 0.0448. The molecule has 0 saturated carbocycles. The average Bonchev–Trinajstić information content (AvgIpc) is 3.21. The number of hydrogen-bond acceptors (Lipinski definition) is 3. The molecule has 2 nitrogen and oxygen atoms in total. The van der Waals surface area contributed by atoms with Crippen molar-refractivity contribution in [3.8, 4) is 0 Å². The maximum absolute atomic E-state index is 11.7. The van der Waals surface area contributed by atoms with E-state index in [-0.39, 0.29) is 11.8 Å². The summed E-state index contributed by atoms with van der Waals surface area (Å²) in [5, 5.41) is 8.65. The van der Waals surface area contributed by atoms with Gasteiger partial charge in [-0.25, -0.2) is 0 Å². The molecule has 2 aromatic rings. The van der Waals surface area contributed by atoms with Crippen LogP contribution in [0.2, 0.25) is 0 Å². The number of amides is 1. The Bertz CT molecular complexity index is 585. The molecule has 1 aliphatic heterocycles. The molecule has 0 radical (unpaired) electrons. The van der Waals surface area contributed by atoms with Crippen molar-refractivity contribution < 1.29 is 4.79 Å². The first-order chi connectivity index (χ1) is 10.3. The van der Waals surface area contributed by atoms with Gasteiger partial charge in [-0.2, -0.15) is 22.7 Å². The number of rotatable bonds is 3. The highest BCUT2D eigenvalue weighted by Gasteiger charge is 2.21. The summed E-state index contributed by atoms with van der Waals surface area (Å²) in [6.45, 7) is 1.55. The molecule has 0 N–H and O–H groups in total. The molecule has 0 spiro atoms. The molecule has 0 bridgehead atoms. The Kier molecular flexibility index (Phi) is 4.78. The molecular weight excluding hydrogens is 322 g/mol. The van der Waals surface area contributed by atoms with E-state index in [1.807, 2.05) is 4.90 Å². The Balaban J connectivity index is 1.89. The van der Waals surface area contributed by atoms with Crippen LogP contribution in [0.1, 0.15) is 24.0 Å². The molecule has 110 valence electrons. The summed E-state index contributed by atoms with van der Waals surface area (Å²) in [5.74, 6) is 0.129. The minimum Gasteiger partial charge on any atom is -0.341 e. The molecule has 0 aliphatic carbocycles. The van der Waals surface area contributed by atoms with Gasteiger partial charge in [0.1, 0.15) is 5.88 Å². The van der Waals surface area contributed by atoms with E-state index in [9.17, 15) is 4.79 Å². The summed E-state index contributed by atoms with van der Waals surface area (Å²) in [5.41, 5.74) is 5.40. The highest BCUT2D eigenvalue weighted by Crippen LogP contribution is 2.34. The van der Waals surface area contributed by atoms with Gasteiger partial charge < -0.3 is 4.90 Å². The van der Waals surface area contributed by atoms with Crippen LogP contribution < -0.4 is 0 Å². The average molecular weight is 338 g/mol. The molecule has 0 aromatic carbocycles. The Morgan fingerprint density at radius 1 is 1.10 bits per heavy atom. The Morgan fingerprint density at radius 2 is 1.67 bits per heavy atom. The Morgan fingerprint density at radius 3 is 2.10 bits per heavy atom. The molecular formula is C16H16ClNOS2. The van der Waals surface area contributed by atoms with Crippen molar-refractivity contribution in [1.82, 2.24) is 4.90 Å². The summed E-state index contributed by atoms with van der Waals surface area (Å²) in [4.78, 5) is 13.6. The van der Waals surface area contributed by atoms with Crippen molar-refractivity contribution in [2.75, 3.05) is 19.0 Å². The third kappa shape index (κ3) is 3.23. The number of carbonyl (C=O) groups excluding carboxylic acids is 1. The first kappa shape index (κ1) is 14.8. The van der Waals surface area contributed by atoms with Gasteiger partial charge in [0, 0.05) is 13.1 Å². The van der Waals surface area contributed by atoms with E-state index in [0.29, 0.717) is 0 Å². The fourth-order valence-corrected chi connectivity index (χ4v) is 4.21. The van der Waals surface area contributed by atoms with E-state index >= 15 is 0 Å². The molecule has 1 aliphatic rings. The molecule has 1 saturated heterocycles. The topological polar surface area (TPSA) is 20.3 Å². The number of piperidine rings is 1. The van der Waals surface area contributed by atoms with Gasteiger partial charge in [0.15, 0.2) is 0 Å². The summed E-state index contributed by atoms with van der Waals surface area (Å²) in [6.07, 6.45) is 1.87. The fourth-order valence-electron chi connectivity index (χ4n) is 2.75. The number of thiophene rings is 2. The van der Waals surface area contributed by atoms with Crippen LogP contribution in [0.3, 0.4) is 0 Å². The lowest BCUT2D eigenvalue weighted by molar-refractivity contribution is -0.128. The largest absolute Gasteiger partial charge is 0.341 e. The first-order valence-corrected chi connectivity index (χ1v) is 9.32. The van der Waals surface area contributed by atoms with E-state index in [4.69, 9.17) is 11.6 Å². The van der Waals surface area contributed by atoms with E-state index in [2.05, 4.69) is 33.7 Å². The van der Waals surface area contributed by atoms with Crippen LogP contribution in [0.5, 0.6) is 0 Å². The van der Waals surface area contributed by atoms with Crippen molar-refractivity contribution in [3.63, 3.8) is 0 Å². The highest BCUT2D eigenvalue weighted by atomic mass is 35.5. The van der Waals surface area contributed by atoms with Crippen molar-refractivity contribution >= 4 is 45.8 Å². The molecule has 1 fully saturated rings. The Hall–Kier alpha value is -1.10. The maximum atomic E-state index is 11.7. The minimum absolute atomic E-state index is 0.0448. The molecule has 3 rings (SSSR count). The SMILES string of the molecule is O=C(CCl)N1CCC(=C(c2ccsc2)c2ccsc2)CC1. The van der Waals surface area contributed by atoms with Gasteiger partial charge >= 0.3 is 0 Å². The molecule has 21 heavy (non-hydrogen) atoms. The Labute approximate surface area is 137 Å². The molecule has 5 heteroatoms. The zero-order valence-corrected chi connectivity index (χ0v) is 13.9. The van der Waals surface area contributed by atoms with Crippen LogP contribution in [0.25, 0.3) is 5.57 Å². The zero-order chi connectivity index (χ0) is 14.7. The van der Waals surface area contributed by atoms with Crippen LogP contribution in [0.15, 0.2) is 39.2 Å². The third-order valence-electron chi connectivity index (χ3n) is 3.81. The molecule has 0 unspecified atom stereocenters. The summed E-state index contributed by atoms with van der Waals surface area (Å²) >= 11 is 9.10. The van der Waals surface area contributed by atoms with E-state index < -0.39 is 0 Å². The predicted molar refractivity (Wildman–Crippen MR) is 91.2 cm³/mol. The smallest absolute Gasteiger partial charge is 0.237 e. The van der Waals surface area contributed by atoms with Crippen LogP contribution >= 0.6 is 34.3 Å². The van der Waals surface area contributed by atoms with E-state index in [0.717, 1.165) is 25.9 Å².